The van der Waals surface area contributed by atoms with Gasteiger partial charge < -0.3 is 28.8 Å². The fraction of sp³-hybridized carbons (Fsp3) is 0.231. The minimum Gasteiger partial charge on any atom is -0.508 e. The molecule has 0 aliphatic carbocycles. The van der Waals surface area contributed by atoms with Gasteiger partial charge >= 0.3 is 0 Å². The van der Waals surface area contributed by atoms with Crippen LogP contribution in [0.15, 0.2) is 53.4 Å². The molecule has 35 heavy (non-hydrogen) atoms. The van der Waals surface area contributed by atoms with E-state index in [1.54, 1.807) is 30.3 Å². The van der Waals surface area contributed by atoms with Gasteiger partial charge in [0.05, 0.1) is 46.2 Å². The molecular weight excluding hydrogens is 472 g/mol. The van der Waals surface area contributed by atoms with Crippen molar-refractivity contribution in [1.82, 2.24) is 0 Å². The second-order valence-electron chi connectivity index (χ2n) is 7.45. The zero-order chi connectivity index (χ0) is 25.6. The molecule has 0 amide bonds. The third-order valence-corrected chi connectivity index (χ3v) is 7.01. The fourth-order valence-electron chi connectivity index (χ4n) is 3.54. The molecule has 3 aromatic carbocycles. The second-order valence-corrected chi connectivity index (χ2v) is 9.44. The number of benzene rings is 3. The molecule has 3 aromatic rings. The number of hydrogen-bond donors (Lipinski definition) is 1. The molecule has 0 saturated carbocycles. The molecular formula is C26H28O8S. The predicted octanol–water partition coefficient (Wildman–Crippen LogP) is 4.58. The van der Waals surface area contributed by atoms with Gasteiger partial charge in [-0.1, -0.05) is 12.2 Å². The van der Waals surface area contributed by atoms with Gasteiger partial charge in [0.25, 0.3) is 0 Å². The van der Waals surface area contributed by atoms with E-state index in [0.717, 1.165) is 5.56 Å². The van der Waals surface area contributed by atoms with E-state index in [1.807, 2.05) is 6.08 Å². The van der Waals surface area contributed by atoms with Crippen LogP contribution in [0.1, 0.15) is 16.7 Å². The van der Waals surface area contributed by atoms with Gasteiger partial charge in [0.15, 0.2) is 32.8 Å². The lowest BCUT2D eigenvalue weighted by molar-refractivity contribution is 0.324. The lowest BCUT2D eigenvalue weighted by Gasteiger charge is -2.14. The number of sulfone groups is 1. The van der Waals surface area contributed by atoms with E-state index in [1.165, 1.54) is 59.8 Å². The van der Waals surface area contributed by atoms with Crippen molar-refractivity contribution < 1.29 is 37.2 Å². The highest BCUT2D eigenvalue weighted by atomic mass is 32.2. The summed E-state index contributed by atoms with van der Waals surface area (Å²) in [5.74, 6) is 2.04. The second kappa shape index (κ2) is 11.1. The highest BCUT2D eigenvalue weighted by molar-refractivity contribution is 7.90. The molecule has 0 aliphatic heterocycles. The summed E-state index contributed by atoms with van der Waals surface area (Å²) in [5, 5.41) is 9.51. The lowest BCUT2D eigenvalue weighted by Crippen LogP contribution is -2.07. The highest BCUT2D eigenvalue weighted by Gasteiger charge is 2.20. The number of hydrogen-bond acceptors (Lipinski definition) is 8. The van der Waals surface area contributed by atoms with Crippen LogP contribution in [0.4, 0.5) is 0 Å². The summed E-state index contributed by atoms with van der Waals surface area (Å²) in [7, 11) is 3.89. The van der Waals surface area contributed by atoms with Gasteiger partial charge in [-0.2, -0.15) is 0 Å². The summed E-state index contributed by atoms with van der Waals surface area (Å²) in [6.07, 6.45) is 3.59. The summed E-state index contributed by atoms with van der Waals surface area (Å²) < 4.78 is 53.2. The van der Waals surface area contributed by atoms with Gasteiger partial charge in [-0.05, 0) is 65.2 Å². The van der Waals surface area contributed by atoms with Crippen LogP contribution >= 0.6 is 0 Å². The molecule has 0 saturated heterocycles. The number of methoxy groups -OCH3 is 5. The van der Waals surface area contributed by atoms with Crippen molar-refractivity contribution in [2.75, 3.05) is 35.5 Å². The maximum atomic E-state index is 13.1. The van der Waals surface area contributed by atoms with Gasteiger partial charge in [-0.15, -0.1) is 0 Å². The molecule has 8 nitrogen and oxygen atoms in total. The zero-order valence-corrected chi connectivity index (χ0v) is 21.0. The van der Waals surface area contributed by atoms with Crippen LogP contribution in [-0.2, 0) is 15.6 Å². The molecule has 0 aliphatic rings. The standard InChI is InChI=1S/C26H28O8S/c1-30-22-14-18(7-6-17-12-24(32-3)26(34-5)25(13-17)33-4)19(15-23(22)31-2)16-35(28,29)21-10-8-20(27)9-11-21/h6-15,27H,16H2,1-5H3/b7-6-. The third-order valence-electron chi connectivity index (χ3n) is 5.33. The van der Waals surface area contributed by atoms with Crippen LogP contribution in [0.25, 0.3) is 12.2 Å². The Hall–Kier alpha value is -3.85. The van der Waals surface area contributed by atoms with Gasteiger partial charge in [-0.3, -0.25) is 0 Å². The Morgan fingerprint density at radius 2 is 1.26 bits per heavy atom. The molecule has 9 heteroatoms. The van der Waals surface area contributed by atoms with E-state index in [-0.39, 0.29) is 16.4 Å². The summed E-state index contributed by atoms with van der Waals surface area (Å²) in [6, 6.07) is 12.4. The van der Waals surface area contributed by atoms with E-state index in [4.69, 9.17) is 23.7 Å². The summed E-state index contributed by atoms with van der Waals surface area (Å²) in [5.41, 5.74) is 1.89. The van der Waals surface area contributed by atoms with E-state index in [9.17, 15) is 13.5 Å². The summed E-state index contributed by atoms with van der Waals surface area (Å²) in [4.78, 5) is 0.102. The quantitative estimate of drug-likeness (QED) is 0.404. The molecule has 0 radical (unpaired) electrons. The van der Waals surface area contributed by atoms with Gasteiger partial charge in [-0.25, -0.2) is 8.42 Å². The summed E-state index contributed by atoms with van der Waals surface area (Å²) in [6.45, 7) is 0. The highest BCUT2D eigenvalue weighted by Crippen LogP contribution is 2.39. The topological polar surface area (TPSA) is 101 Å². The first kappa shape index (κ1) is 25.8. The number of phenols is 1. The molecule has 0 heterocycles. The Balaban J connectivity index is 2.08. The van der Waals surface area contributed by atoms with Crippen molar-refractivity contribution in [3.05, 3.63) is 65.2 Å². The molecule has 0 aromatic heterocycles. The van der Waals surface area contributed by atoms with Crippen LogP contribution in [0, 0.1) is 0 Å². The molecule has 0 fully saturated rings. The number of rotatable bonds is 10. The van der Waals surface area contributed by atoms with Crippen LogP contribution in [0.5, 0.6) is 34.5 Å². The fourth-order valence-corrected chi connectivity index (χ4v) is 4.92. The van der Waals surface area contributed by atoms with E-state index >= 15 is 0 Å². The maximum Gasteiger partial charge on any atom is 0.203 e. The number of phenolic OH excluding ortho intramolecular Hbond substituents is 1. The Kier molecular flexibility index (Phi) is 8.14. The first-order valence-corrected chi connectivity index (χ1v) is 12.2. The van der Waals surface area contributed by atoms with Crippen molar-refractivity contribution >= 4 is 22.0 Å². The van der Waals surface area contributed by atoms with Crippen molar-refractivity contribution in [3.8, 4) is 34.5 Å². The minimum atomic E-state index is -3.71. The smallest absolute Gasteiger partial charge is 0.203 e. The molecule has 0 atom stereocenters. The minimum absolute atomic E-state index is 0.0102. The number of aromatic hydroxyl groups is 1. The van der Waals surface area contributed by atoms with Gasteiger partial charge in [0.1, 0.15) is 5.75 Å². The Morgan fingerprint density at radius 1 is 0.714 bits per heavy atom. The Morgan fingerprint density at radius 3 is 1.77 bits per heavy atom. The molecule has 0 unspecified atom stereocenters. The van der Waals surface area contributed by atoms with Gasteiger partial charge in [0.2, 0.25) is 5.75 Å². The van der Waals surface area contributed by atoms with Crippen LogP contribution < -0.4 is 23.7 Å². The predicted molar refractivity (Wildman–Crippen MR) is 134 cm³/mol. The Bertz CT molecular complexity index is 1290. The monoisotopic (exact) mass is 500 g/mol. The third kappa shape index (κ3) is 5.81. The molecule has 3 rings (SSSR count). The SMILES string of the molecule is COc1cc(/C=C\c2cc(OC)c(OC)c(OC)c2)c(CS(=O)(=O)c2ccc(O)cc2)cc1OC. The molecule has 0 bridgehead atoms. The lowest BCUT2D eigenvalue weighted by atomic mass is 10.1. The zero-order valence-electron chi connectivity index (χ0n) is 20.2. The normalized spacial score (nSPS) is 11.3. The van der Waals surface area contributed by atoms with E-state index in [2.05, 4.69) is 0 Å². The van der Waals surface area contributed by atoms with Crippen LogP contribution in [-0.4, -0.2) is 49.1 Å². The molecule has 0 spiro atoms. The van der Waals surface area contributed by atoms with E-state index in [0.29, 0.717) is 39.9 Å². The van der Waals surface area contributed by atoms with E-state index < -0.39 is 9.84 Å². The Labute approximate surface area is 205 Å². The number of ether oxygens (including phenoxy) is 5. The first-order valence-electron chi connectivity index (χ1n) is 10.5. The largest absolute Gasteiger partial charge is 0.508 e. The van der Waals surface area contributed by atoms with Crippen LogP contribution in [0.2, 0.25) is 0 Å². The maximum absolute atomic E-state index is 13.1. The van der Waals surface area contributed by atoms with Crippen LogP contribution in [0.3, 0.4) is 0 Å². The van der Waals surface area contributed by atoms with Crippen molar-refractivity contribution in [3.63, 3.8) is 0 Å². The first-order chi connectivity index (χ1) is 16.8. The van der Waals surface area contributed by atoms with Crippen molar-refractivity contribution in [1.29, 1.82) is 0 Å². The average Bonchev–Trinajstić information content (AvgIpc) is 2.86. The van der Waals surface area contributed by atoms with Crippen molar-refractivity contribution in [2.24, 2.45) is 0 Å². The summed E-state index contributed by atoms with van der Waals surface area (Å²) >= 11 is 0. The molecule has 186 valence electrons. The van der Waals surface area contributed by atoms with Crippen molar-refractivity contribution in [2.45, 2.75) is 10.6 Å². The van der Waals surface area contributed by atoms with Gasteiger partial charge in [0, 0.05) is 0 Å². The average molecular weight is 501 g/mol. The molecule has 1 N–H and O–H groups in total.